The Morgan fingerprint density at radius 1 is 1.22 bits per heavy atom. The smallest absolute Gasteiger partial charge is 0.275 e. The number of anilines is 1. The number of aryl methyl sites for hydroxylation is 1. The van der Waals surface area contributed by atoms with Crippen LogP contribution in [0.5, 0.6) is 0 Å². The molecule has 0 unspecified atom stereocenters. The van der Waals surface area contributed by atoms with Gasteiger partial charge in [-0.1, -0.05) is 17.7 Å². The number of carbonyl (C=O) groups is 1. The molecule has 1 aromatic heterocycles. The van der Waals surface area contributed by atoms with Gasteiger partial charge in [0.2, 0.25) is 0 Å². The number of hydrogen-bond acceptors (Lipinski definition) is 4. The third-order valence-corrected chi connectivity index (χ3v) is 4.93. The molecule has 7 heteroatoms. The molecule has 0 radical (unpaired) electrons. The van der Waals surface area contributed by atoms with E-state index in [2.05, 4.69) is 10.2 Å². The number of amides is 1. The number of halogens is 1. The average Bonchev–Trinajstić information content (AvgIpc) is 3.10. The predicted octanol–water partition coefficient (Wildman–Crippen LogP) is 2.84. The van der Waals surface area contributed by atoms with Gasteiger partial charge in [-0.3, -0.25) is 9.89 Å². The van der Waals surface area contributed by atoms with Gasteiger partial charge in [0.05, 0.1) is 11.2 Å². The molecule has 136 valence electrons. The number of H-pyrrole nitrogens is 1. The van der Waals surface area contributed by atoms with Gasteiger partial charge in [-0.15, -0.1) is 0 Å². The Morgan fingerprint density at radius 3 is 2.74 bits per heavy atom. The van der Waals surface area contributed by atoms with Crippen LogP contribution in [0.25, 0.3) is 10.9 Å². The quantitative estimate of drug-likeness (QED) is 0.760. The molecule has 1 fully saturated rings. The van der Waals surface area contributed by atoms with E-state index >= 15 is 0 Å². The van der Waals surface area contributed by atoms with Crippen molar-refractivity contribution >= 4 is 22.5 Å². The van der Waals surface area contributed by atoms with Gasteiger partial charge in [0, 0.05) is 31.6 Å². The number of benzene rings is 2. The van der Waals surface area contributed by atoms with Crippen LogP contribution in [0.1, 0.15) is 21.6 Å². The van der Waals surface area contributed by atoms with Crippen LogP contribution in [-0.2, 0) is 0 Å². The van der Waals surface area contributed by atoms with E-state index in [0.717, 1.165) is 16.5 Å². The van der Waals surface area contributed by atoms with Crippen molar-refractivity contribution in [1.82, 2.24) is 15.1 Å². The molecule has 1 N–H and O–H groups in total. The number of nitrogens with zero attached hydrogens (tertiary/aromatic N) is 4. The first kappa shape index (κ1) is 17.0. The van der Waals surface area contributed by atoms with E-state index in [1.54, 1.807) is 17.0 Å². The van der Waals surface area contributed by atoms with Crippen molar-refractivity contribution in [3.63, 3.8) is 0 Å². The van der Waals surface area contributed by atoms with E-state index in [9.17, 15) is 14.4 Å². The number of rotatable bonds is 2. The zero-order valence-electron chi connectivity index (χ0n) is 14.9. The summed E-state index contributed by atoms with van der Waals surface area (Å²) in [6, 6.07) is 12.4. The van der Waals surface area contributed by atoms with E-state index in [-0.39, 0.29) is 11.5 Å². The topological polar surface area (TPSA) is 76.0 Å². The first-order valence-electron chi connectivity index (χ1n) is 8.76. The number of aromatic nitrogens is 2. The van der Waals surface area contributed by atoms with Crippen molar-refractivity contribution in [3.8, 4) is 6.07 Å². The SMILES string of the molecule is Cc1ccc2[nH]nc(C(=O)N3CCN(c4cccc(F)c4C#N)CC3)c2c1. The second-order valence-corrected chi connectivity index (χ2v) is 6.65. The molecule has 3 aromatic rings. The predicted molar refractivity (Wildman–Crippen MR) is 100 cm³/mol. The zero-order chi connectivity index (χ0) is 19.0. The number of piperazine rings is 1. The maximum atomic E-state index is 13.9. The Labute approximate surface area is 155 Å². The van der Waals surface area contributed by atoms with Crippen molar-refractivity contribution in [2.24, 2.45) is 0 Å². The molecule has 27 heavy (non-hydrogen) atoms. The van der Waals surface area contributed by atoms with Crippen LogP contribution in [-0.4, -0.2) is 47.2 Å². The van der Waals surface area contributed by atoms with Gasteiger partial charge < -0.3 is 9.80 Å². The number of aromatic amines is 1. The van der Waals surface area contributed by atoms with Crippen LogP contribution in [0.15, 0.2) is 36.4 Å². The summed E-state index contributed by atoms with van der Waals surface area (Å²) >= 11 is 0. The van der Waals surface area contributed by atoms with E-state index in [1.807, 2.05) is 36.1 Å². The lowest BCUT2D eigenvalue weighted by Gasteiger charge is -2.36. The zero-order valence-corrected chi connectivity index (χ0v) is 14.9. The fraction of sp³-hybridized carbons (Fsp3) is 0.250. The molecule has 1 amide bonds. The van der Waals surface area contributed by atoms with Gasteiger partial charge in [0.25, 0.3) is 5.91 Å². The highest BCUT2D eigenvalue weighted by Gasteiger charge is 2.26. The molecule has 0 bridgehead atoms. The van der Waals surface area contributed by atoms with Crippen molar-refractivity contribution in [2.45, 2.75) is 6.92 Å². The van der Waals surface area contributed by atoms with Gasteiger partial charge in [0.15, 0.2) is 5.69 Å². The van der Waals surface area contributed by atoms with Gasteiger partial charge in [-0.05, 0) is 31.2 Å². The fourth-order valence-corrected chi connectivity index (χ4v) is 3.48. The molecule has 1 aliphatic rings. The maximum absolute atomic E-state index is 13.9. The van der Waals surface area contributed by atoms with E-state index < -0.39 is 5.82 Å². The molecule has 0 atom stereocenters. The molecular formula is C20H18FN5O. The monoisotopic (exact) mass is 363 g/mol. The van der Waals surface area contributed by atoms with Gasteiger partial charge >= 0.3 is 0 Å². The van der Waals surface area contributed by atoms with Crippen molar-refractivity contribution in [2.75, 3.05) is 31.1 Å². The number of fused-ring (bicyclic) bond motifs is 1. The lowest BCUT2D eigenvalue weighted by Crippen LogP contribution is -2.49. The number of nitrogens with one attached hydrogen (secondary N) is 1. The van der Waals surface area contributed by atoms with Crippen LogP contribution in [0.3, 0.4) is 0 Å². The van der Waals surface area contributed by atoms with E-state index in [4.69, 9.17) is 0 Å². The number of hydrogen-bond donors (Lipinski definition) is 1. The van der Waals surface area contributed by atoms with Crippen molar-refractivity contribution in [1.29, 1.82) is 5.26 Å². The third kappa shape index (κ3) is 2.99. The summed E-state index contributed by atoms with van der Waals surface area (Å²) in [5.41, 5.74) is 2.95. The van der Waals surface area contributed by atoms with E-state index in [0.29, 0.717) is 37.6 Å². The van der Waals surface area contributed by atoms with Gasteiger partial charge in [-0.2, -0.15) is 10.4 Å². The first-order valence-corrected chi connectivity index (χ1v) is 8.76. The lowest BCUT2D eigenvalue weighted by atomic mass is 10.1. The first-order chi connectivity index (χ1) is 13.1. The standard InChI is InChI=1S/C20H18FN5O/c1-13-5-6-17-14(11-13)19(24-23-17)20(27)26-9-7-25(8-10-26)18-4-2-3-16(21)15(18)12-22/h2-6,11H,7-10H2,1H3,(H,23,24). The Bertz CT molecular complexity index is 1060. The molecule has 0 spiro atoms. The third-order valence-electron chi connectivity index (χ3n) is 4.93. The van der Waals surface area contributed by atoms with Crippen LogP contribution >= 0.6 is 0 Å². The number of nitriles is 1. The maximum Gasteiger partial charge on any atom is 0.275 e. The molecule has 2 heterocycles. The van der Waals surface area contributed by atoms with Crippen molar-refractivity contribution < 1.29 is 9.18 Å². The summed E-state index contributed by atoms with van der Waals surface area (Å²) in [6.07, 6.45) is 0. The lowest BCUT2D eigenvalue weighted by molar-refractivity contribution is 0.0742. The van der Waals surface area contributed by atoms with E-state index in [1.165, 1.54) is 6.07 Å². The molecule has 2 aromatic carbocycles. The van der Waals surface area contributed by atoms with Crippen LogP contribution in [0.4, 0.5) is 10.1 Å². The Hall–Kier alpha value is -3.40. The minimum absolute atomic E-state index is 0.0473. The number of carbonyl (C=O) groups excluding carboxylic acids is 1. The fourth-order valence-electron chi connectivity index (χ4n) is 3.48. The molecule has 0 aliphatic carbocycles. The van der Waals surface area contributed by atoms with Crippen LogP contribution in [0, 0.1) is 24.1 Å². The molecule has 4 rings (SSSR count). The summed E-state index contributed by atoms with van der Waals surface area (Å²) in [7, 11) is 0. The van der Waals surface area contributed by atoms with Gasteiger partial charge in [-0.25, -0.2) is 4.39 Å². The van der Waals surface area contributed by atoms with Crippen LogP contribution in [0.2, 0.25) is 0 Å². The molecule has 0 saturated carbocycles. The normalized spacial score (nSPS) is 14.4. The molecule has 6 nitrogen and oxygen atoms in total. The summed E-state index contributed by atoms with van der Waals surface area (Å²) in [6.45, 7) is 4.02. The molecule has 1 saturated heterocycles. The second-order valence-electron chi connectivity index (χ2n) is 6.65. The summed E-state index contributed by atoms with van der Waals surface area (Å²) in [4.78, 5) is 16.6. The minimum Gasteiger partial charge on any atom is -0.367 e. The summed E-state index contributed by atoms with van der Waals surface area (Å²) in [5, 5.41) is 17.2. The highest BCUT2D eigenvalue weighted by Crippen LogP contribution is 2.25. The highest BCUT2D eigenvalue weighted by atomic mass is 19.1. The largest absolute Gasteiger partial charge is 0.367 e. The highest BCUT2D eigenvalue weighted by molar-refractivity contribution is 6.04. The minimum atomic E-state index is -0.521. The summed E-state index contributed by atoms with van der Waals surface area (Å²) in [5.74, 6) is -0.641. The Morgan fingerprint density at radius 2 is 2.00 bits per heavy atom. The molecular weight excluding hydrogens is 345 g/mol. The average molecular weight is 363 g/mol. The molecule has 1 aliphatic heterocycles. The Kier molecular flexibility index (Phi) is 4.24. The summed E-state index contributed by atoms with van der Waals surface area (Å²) < 4.78 is 13.9. The van der Waals surface area contributed by atoms with Crippen LogP contribution < -0.4 is 4.90 Å². The van der Waals surface area contributed by atoms with Gasteiger partial charge in [0.1, 0.15) is 17.4 Å². The van der Waals surface area contributed by atoms with Crippen molar-refractivity contribution in [3.05, 3.63) is 59.0 Å². The second kappa shape index (κ2) is 6.72. The Balaban J connectivity index is 1.52.